The van der Waals surface area contributed by atoms with Crippen LogP contribution in [0.5, 0.6) is 5.75 Å². The summed E-state index contributed by atoms with van der Waals surface area (Å²) in [5.41, 5.74) is 0.308. The fraction of sp³-hybridized carbons (Fsp3) is 0.429. The highest BCUT2D eigenvalue weighted by Gasteiger charge is 2.16. The van der Waals surface area contributed by atoms with Crippen molar-refractivity contribution < 1.29 is 19.1 Å². The zero-order chi connectivity index (χ0) is 15.1. The predicted molar refractivity (Wildman–Crippen MR) is 78.3 cm³/mol. The van der Waals surface area contributed by atoms with Crippen LogP contribution in [0.15, 0.2) is 23.1 Å². The molecule has 0 saturated heterocycles. The van der Waals surface area contributed by atoms with E-state index >= 15 is 0 Å². The van der Waals surface area contributed by atoms with E-state index in [1.807, 2.05) is 20.1 Å². The van der Waals surface area contributed by atoms with E-state index in [1.54, 1.807) is 30.0 Å². The summed E-state index contributed by atoms with van der Waals surface area (Å²) in [6.45, 7) is 3.37. The first-order chi connectivity index (χ1) is 9.47. The minimum absolute atomic E-state index is 0.0107. The molecule has 0 aliphatic rings. The number of esters is 1. The van der Waals surface area contributed by atoms with Gasteiger partial charge in [0.15, 0.2) is 6.61 Å². The quantitative estimate of drug-likeness (QED) is 0.643. The number of methoxy groups -OCH3 is 1. The van der Waals surface area contributed by atoms with Crippen LogP contribution in [0.1, 0.15) is 24.2 Å². The van der Waals surface area contributed by atoms with Gasteiger partial charge in [0, 0.05) is 10.9 Å². The summed E-state index contributed by atoms with van der Waals surface area (Å²) >= 11 is 1.55. The minimum atomic E-state index is -0.576. The molecule has 0 aliphatic heterocycles. The summed E-state index contributed by atoms with van der Waals surface area (Å²) in [5.74, 6) is -0.465. The Morgan fingerprint density at radius 2 is 2.05 bits per heavy atom. The number of amides is 1. The van der Waals surface area contributed by atoms with Crippen LogP contribution >= 0.6 is 11.8 Å². The van der Waals surface area contributed by atoms with Crippen molar-refractivity contribution in [3.63, 3.8) is 0 Å². The van der Waals surface area contributed by atoms with Crippen molar-refractivity contribution in [1.29, 1.82) is 0 Å². The van der Waals surface area contributed by atoms with Gasteiger partial charge in [-0.2, -0.15) is 0 Å². The summed E-state index contributed by atoms with van der Waals surface area (Å²) in [6, 6.07) is 5.21. The second kappa shape index (κ2) is 7.79. The van der Waals surface area contributed by atoms with E-state index in [-0.39, 0.29) is 18.6 Å². The van der Waals surface area contributed by atoms with Crippen molar-refractivity contribution in [2.24, 2.45) is 0 Å². The van der Waals surface area contributed by atoms with E-state index in [0.29, 0.717) is 11.3 Å². The molecule has 20 heavy (non-hydrogen) atoms. The van der Waals surface area contributed by atoms with Crippen LogP contribution in [-0.4, -0.2) is 37.9 Å². The molecule has 1 aromatic carbocycles. The van der Waals surface area contributed by atoms with Crippen molar-refractivity contribution in [2.45, 2.75) is 24.8 Å². The summed E-state index contributed by atoms with van der Waals surface area (Å²) in [6.07, 6.45) is 1.93. The van der Waals surface area contributed by atoms with Gasteiger partial charge in [-0.05, 0) is 38.3 Å². The molecule has 0 aliphatic carbocycles. The molecular formula is C14H19NO4S. The number of nitrogens with one attached hydrogen (secondary N) is 1. The van der Waals surface area contributed by atoms with Gasteiger partial charge in [-0.15, -0.1) is 11.8 Å². The average Bonchev–Trinajstić information content (AvgIpc) is 2.43. The maximum Gasteiger partial charge on any atom is 0.342 e. The standard InChI is InChI=1S/C14H19NO4S/c1-9(2)15-13(16)8-19-14(17)11-6-5-10(20-4)7-12(11)18-3/h5-7,9H,8H2,1-4H3,(H,15,16). The number of ether oxygens (including phenoxy) is 2. The lowest BCUT2D eigenvalue weighted by Gasteiger charge is -2.11. The van der Waals surface area contributed by atoms with E-state index < -0.39 is 5.97 Å². The lowest BCUT2D eigenvalue weighted by Crippen LogP contribution is -2.34. The first-order valence-corrected chi connectivity index (χ1v) is 7.39. The first-order valence-electron chi connectivity index (χ1n) is 6.16. The van der Waals surface area contributed by atoms with Crippen LogP contribution < -0.4 is 10.1 Å². The summed E-state index contributed by atoms with van der Waals surface area (Å²) in [4.78, 5) is 24.3. The number of carbonyl (C=O) groups excluding carboxylic acids is 2. The van der Waals surface area contributed by atoms with Crippen molar-refractivity contribution in [3.05, 3.63) is 23.8 Å². The highest BCUT2D eigenvalue weighted by Crippen LogP contribution is 2.25. The zero-order valence-corrected chi connectivity index (χ0v) is 12.9. The molecule has 0 spiro atoms. The summed E-state index contributed by atoms with van der Waals surface area (Å²) in [7, 11) is 1.49. The van der Waals surface area contributed by atoms with Gasteiger partial charge in [0.1, 0.15) is 11.3 Å². The Kier molecular flexibility index (Phi) is 6.38. The first kappa shape index (κ1) is 16.4. The molecule has 5 nitrogen and oxygen atoms in total. The molecule has 1 N–H and O–H groups in total. The Bertz CT molecular complexity index is 488. The Hall–Kier alpha value is -1.69. The van der Waals surface area contributed by atoms with E-state index in [2.05, 4.69) is 5.32 Å². The highest BCUT2D eigenvalue weighted by atomic mass is 32.2. The maximum atomic E-state index is 11.9. The van der Waals surface area contributed by atoms with Gasteiger partial charge in [-0.1, -0.05) is 0 Å². The van der Waals surface area contributed by atoms with E-state index in [4.69, 9.17) is 9.47 Å². The Morgan fingerprint density at radius 3 is 2.60 bits per heavy atom. The second-order valence-corrected chi connectivity index (χ2v) is 5.24. The molecule has 0 bridgehead atoms. The van der Waals surface area contributed by atoms with Crippen LogP contribution in [0.3, 0.4) is 0 Å². The van der Waals surface area contributed by atoms with Crippen molar-refractivity contribution in [2.75, 3.05) is 20.0 Å². The van der Waals surface area contributed by atoms with Crippen molar-refractivity contribution in [1.82, 2.24) is 5.32 Å². The van der Waals surface area contributed by atoms with Crippen LogP contribution in [0.2, 0.25) is 0 Å². The van der Waals surface area contributed by atoms with Crippen LogP contribution in [0.4, 0.5) is 0 Å². The topological polar surface area (TPSA) is 64.6 Å². The number of carbonyl (C=O) groups is 2. The average molecular weight is 297 g/mol. The Morgan fingerprint density at radius 1 is 1.35 bits per heavy atom. The third-order valence-electron chi connectivity index (χ3n) is 2.41. The predicted octanol–water partition coefficient (Wildman–Crippen LogP) is 2.10. The van der Waals surface area contributed by atoms with Gasteiger partial charge in [-0.3, -0.25) is 4.79 Å². The van der Waals surface area contributed by atoms with Gasteiger partial charge < -0.3 is 14.8 Å². The van der Waals surface area contributed by atoms with Crippen LogP contribution in [0, 0.1) is 0 Å². The number of benzene rings is 1. The van der Waals surface area contributed by atoms with Gasteiger partial charge >= 0.3 is 5.97 Å². The lowest BCUT2D eigenvalue weighted by molar-refractivity contribution is -0.124. The van der Waals surface area contributed by atoms with Crippen molar-refractivity contribution >= 4 is 23.6 Å². The molecule has 1 rings (SSSR count). The van der Waals surface area contributed by atoms with E-state index in [9.17, 15) is 9.59 Å². The van der Waals surface area contributed by atoms with Crippen LogP contribution in [0.25, 0.3) is 0 Å². The van der Waals surface area contributed by atoms with E-state index in [1.165, 1.54) is 7.11 Å². The molecule has 0 atom stereocenters. The number of hydrogen-bond acceptors (Lipinski definition) is 5. The SMILES string of the molecule is COc1cc(SC)ccc1C(=O)OCC(=O)NC(C)C. The third-order valence-corrected chi connectivity index (χ3v) is 3.14. The molecule has 1 aromatic rings. The van der Waals surface area contributed by atoms with Gasteiger partial charge in [0.05, 0.1) is 7.11 Å². The van der Waals surface area contributed by atoms with Crippen molar-refractivity contribution in [3.8, 4) is 5.75 Å². The summed E-state index contributed by atoms with van der Waals surface area (Å²) in [5, 5.41) is 2.65. The number of rotatable bonds is 6. The molecule has 0 radical (unpaired) electrons. The molecule has 0 fully saturated rings. The molecule has 0 heterocycles. The summed E-state index contributed by atoms with van der Waals surface area (Å²) < 4.78 is 10.1. The molecule has 0 unspecified atom stereocenters. The van der Waals surface area contributed by atoms with E-state index in [0.717, 1.165) is 4.90 Å². The molecule has 0 saturated carbocycles. The van der Waals surface area contributed by atoms with Gasteiger partial charge in [-0.25, -0.2) is 4.79 Å². The fourth-order valence-corrected chi connectivity index (χ4v) is 1.97. The number of thioether (sulfide) groups is 1. The largest absolute Gasteiger partial charge is 0.496 e. The fourth-order valence-electron chi connectivity index (χ4n) is 1.54. The third kappa shape index (κ3) is 4.77. The Balaban J connectivity index is 2.70. The molecule has 0 aromatic heterocycles. The molecular weight excluding hydrogens is 278 g/mol. The molecule has 1 amide bonds. The monoisotopic (exact) mass is 297 g/mol. The lowest BCUT2D eigenvalue weighted by atomic mass is 10.2. The Labute approximate surface area is 123 Å². The zero-order valence-electron chi connectivity index (χ0n) is 12.1. The minimum Gasteiger partial charge on any atom is -0.496 e. The molecule has 6 heteroatoms. The molecule has 110 valence electrons. The second-order valence-electron chi connectivity index (χ2n) is 4.36. The smallest absolute Gasteiger partial charge is 0.342 e. The highest BCUT2D eigenvalue weighted by molar-refractivity contribution is 7.98. The number of hydrogen-bond donors (Lipinski definition) is 1. The normalized spacial score (nSPS) is 10.2. The van der Waals surface area contributed by atoms with Crippen LogP contribution in [-0.2, 0) is 9.53 Å². The van der Waals surface area contributed by atoms with Gasteiger partial charge in [0.25, 0.3) is 5.91 Å². The van der Waals surface area contributed by atoms with Gasteiger partial charge in [0.2, 0.25) is 0 Å². The maximum absolute atomic E-state index is 11.9.